The van der Waals surface area contributed by atoms with E-state index in [4.69, 9.17) is 30.5 Å². The third-order valence-corrected chi connectivity index (χ3v) is 7.11. The lowest BCUT2D eigenvalue weighted by molar-refractivity contribution is 0.0200. The van der Waals surface area contributed by atoms with Crippen LogP contribution in [0.2, 0.25) is 0 Å². The van der Waals surface area contributed by atoms with Crippen LogP contribution in [-0.4, -0.2) is 83.3 Å². The van der Waals surface area contributed by atoms with Crippen molar-refractivity contribution in [3.63, 3.8) is 0 Å². The van der Waals surface area contributed by atoms with Crippen molar-refractivity contribution in [2.24, 2.45) is 0 Å². The Morgan fingerprint density at radius 3 is 1.72 bits per heavy atom. The van der Waals surface area contributed by atoms with Crippen LogP contribution in [0.15, 0.2) is 0 Å². The maximum atomic E-state index is 12.2. The molecule has 0 spiro atoms. The van der Waals surface area contributed by atoms with E-state index in [9.17, 15) is 16.8 Å². The Labute approximate surface area is 155 Å². The van der Waals surface area contributed by atoms with Crippen LogP contribution in [-0.2, 0) is 34.2 Å². The summed E-state index contributed by atoms with van der Waals surface area (Å²) in [6.45, 7) is 5.85. The zero-order valence-electron chi connectivity index (χ0n) is 14.7. The normalized spacial score (nSPS) is 14.6. The van der Waals surface area contributed by atoms with Gasteiger partial charge in [0.05, 0.1) is 56.4 Å². The molecule has 0 bridgehead atoms. The van der Waals surface area contributed by atoms with Crippen molar-refractivity contribution < 1.29 is 35.6 Å². The minimum absolute atomic E-state index is 0.0548. The number of hydrogen-bond donors (Lipinski definition) is 2. The highest BCUT2D eigenvalue weighted by atomic mass is 35.5. The van der Waals surface area contributed by atoms with Crippen molar-refractivity contribution in [2.75, 3.05) is 51.1 Å². The van der Waals surface area contributed by atoms with Crippen molar-refractivity contribution in [3.05, 3.63) is 0 Å². The summed E-state index contributed by atoms with van der Waals surface area (Å²) in [4.78, 5) is 2.47. The standard InChI is InChI=1S/C13H28ClNO8S2/c1-12(13(2,3)15-14)24(16,17)10-8-22-6-4-21-5-7-23-9-11-25(18,19)20/h12,15H,4-11H2,1-3H3,(H,18,19,20). The van der Waals surface area contributed by atoms with Crippen LogP contribution < -0.4 is 4.84 Å². The lowest BCUT2D eigenvalue weighted by Gasteiger charge is -2.29. The SMILES string of the molecule is CC(C(C)(C)NCl)S(=O)(=O)CCOCCOCCOCCS(=O)(=O)O. The first kappa shape index (κ1) is 25.0. The molecule has 12 heteroatoms. The number of halogens is 1. The van der Waals surface area contributed by atoms with Crippen molar-refractivity contribution in [2.45, 2.75) is 31.6 Å². The lowest BCUT2D eigenvalue weighted by Crippen LogP contribution is -2.48. The van der Waals surface area contributed by atoms with Gasteiger partial charge >= 0.3 is 0 Å². The van der Waals surface area contributed by atoms with E-state index in [-0.39, 0.29) is 45.4 Å². The fourth-order valence-electron chi connectivity index (χ4n) is 1.58. The van der Waals surface area contributed by atoms with Crippen LogP contribution in [0, 0.1) is 0 Å². The number of hydrogen-bond acceptors (Lipinski definition) is 8. The van der Waals surface area contributed by atoms with Crippen LogP contribution in [0.4, 0.5) is 0 Å². The first-order valence-electron chi connectivity index (χ1n) is 7.70. The predicted octanol–water partition coefficient (Wildman–Crippen LogP) is 0.249. The van der Waals surface area contributed by atoms with Crippen LogP contribution >= 0.6 is 11.8 Å². The molecule has 0 aromatic rings. The summed E-state index contributed by atoms with van der Waals surface area (Å²) >= 11 is 5.57. The molecule has 0 aliphatic carbocycles. The molecule has 0 saturated carbocycles. The Bertz CT molecular complexity index is 565. The molecule has 2 N–H and O–H groups in total. The summed E-state index contributed by atoms with van der Waals surface area (Å²) in [6.07, 6.45) is 0. The smallest absolute Gasteiger partial charge is 0.267 e. The minimum Gasteiger partial charge on any atom is -0.378 e. The van der Waals surface area contributed by atoms with E-state index in [0.717, 1.165) is 0 Å². The van der Waals surface area contributed by atoms with Crippen LogP contribution in [0.3, 0.4) is 0 Å². The Balaban J connectivity index is 3.70. The molecule has 1 atom stereocenters. The van der Waals surface area contributed by atoms with Gasteiger partial charge in [0.2, 0.25) is 0 Å². The van der Waals surface area contributed by atoms with E-state index in [1.807, 2.05) is 0 Å². The summed E-state index contributed by atoms with van der Waals surface area (Å²) in [7, 11) is -7.36. The number of rotatable bonds is 15. The third-order valence-electron chi connectivity index (χ3n) is 3.54. The first-order chi connectivity index (χ1) is 11.4. The van der Waals surface area contributed by atoms with Crippen molar-refractivity contribution in [1.82, 2.24) is 4.84 Å². The van der Waals surface area contributed by atoms with Gasteiger partial charge in [-0.1, -0.05) is 0 Å². The van der Waals surface area contributed by atoms with E-state index in [0.29, 0.717) is 0 Å². The molecule has 0 aromatic carbocycles. The molecule has 0 amide bonds. The molecule has 0 rings (SSSR count). The molecule has 1 unspecified atom stereocenters. The monoisotopic (exact) mass is 425 g/mol. The summed E-state index contributed by atoms with van der Waals surface area (Å²) < 4.78 is 69.0. The topological polar surface area (TPSA) is 128 Å². The van der Waals surface area contributed by atoms with Gasteiger partial charge in [-0.25, -0.2) is 13.3 Å². The Morgan fingerprint density at radius 2 is 1.32 bits per heavy atom. The molecule has 0 fully saturated rings. The molecule has 0 aromatic heterocycles. The second kappa shape index (κ2) is 11.7. The van der Waals surface area contributed by atoms with Crippen molar-refractivity contribution in [1.29, 1.82) is 0 Å². The highest BCUT2D eigenvalue weighted by Gasteiger charge is 2.34. The van der Waals surface area contributed by atoms with Gasteiger partial charge in [-0.15, -0.1) is 0 Å². The molecular formula is C13H28ClNO8S2. The van der Waals surface area contributed by atoms with Crippen LogP contribution in [0.1, 0.15) is 20.8 Å². The number of nitrogens with one attached hydrogen (secondary N) is 1. The summed E-state index contributed by atoms with van der Waals surface area (Å²) in [5.74, 6) is -0.575. The molecule has 152 valence electrons. The Morgan fingerprint density at radius 1 is 0.920 bits per heavy atom. The minimum atomic E-state index is -4.01. The van der Waals surface area contributed by atoms with Crippen LogP contribution in [0.5, 0.6) is 0 Å². The number of ether oxygens (including phenoxy) is 3. The largest absolute Gasteiger partial charge is 0.378 e. The molecule has 9 nitrogen and oxygen atoms in total. The quantitative estimate of drug-likeness (QED) is 0.215. The number of sulfone groups is 1. The van der Waals surface area contributed by atoms with Gasteiger partial charge in [0, 0.05) is 5.54 Å². The summed E-state index contributed by atoms with van der Waals surface area (Å²) in [5, 5.41) is -0.669. The van der Waals surface area contributed by atoms with E-state index in [1.165, 1.54) is 0 Å². The maximum Gasteiger partial charge on any atom is 0.267 e. The average molecular weight is 426 g/mol. The van der Waals surface area contributed by atoms with E-state index < -0.39 is 36.5 Å². The molecule has 0 aliphatic rings. The van der Waals surface area contributed by atoms with E-state index in [2.05, 4.69) is 4.84 Å². The molecule has 0 saturated heterocycles. The predicted molar refractivity (Wildman–Crippen MR) is 95.2 cm³/mol. The average Bonchev–Trinajstić information content (AvgIpc) is 2.50. The maximum absolute atomic E-state index is 12.2. The summed E-state index contributed by atoms with van der Waals surface area (Å²) in [6, 6.07) is 0. The van der Waals surface area contributed by atoms with Gasteiger partial charge in [0.1, 0.15) is 0 Å². The van der Waals surface area contributed by atoms with Gasteiger partial charge < -0.3 is 14.2 Å². The first-order valence-corrected chi connectivity index (χ1v) is 11.4. The fourth-order valence-corrected chi connectivity index (χ4v) is 3.80. The Hall–Kier alpha value is -0.0100. The van der Waals surface area contributed by atoms with Gasteiger partial charge in [-0.2, -0.15) is 8.42 Å². The lowest BCUT2D eigenvalue weighted by atomic mass is 10.0. The highest BCUT2D eigenvalue weighted by Crippen LogP contribution is 2.18. The zero-order valence-corrected chi connectivity index (χ0v) is 17.1. The molecule has 25 heavy (non-hydrogen) atoms. The zero-order chi connectivity index (χ0) is 19.6. The van der Waals surface area contributed by atoms with Crippen molar-refractivity contribution in [3.8, 4) is 0 Å². The molecule has 0 aliphatic heterocycles. The Kier molecular flexibility index (Phi) is 11.6. The van der Waals surface area contributed by atoms with Crippen LogP contribution in [0.25, 0.3) is 0 Å². The van der Waals surface area contributed by atoms with E-state index >= 15 is 0 Å². The molecular weight excluding hydrogens is 398 g/mol. The second-order valence-corrected chi connectivity index (χ2v) is 10.2. The molecule has 0 radical (unpaired) electrons. The van der Waals surface area contributed by atoms with Gasteiger partial charge in [0.15, 0.2) is 9.84 Å². The highest BCUT2D eigenvalue weighted by molar-refractivity contribution is 7.92. The fraction of sp³-hybridized carbons (Fsp3) is 1.00. The van der Waals surface area contributed by atoms with Gasteiger partial charge in [-0.05, 0) is 32.5 Å². The van der Waals surface area contributed by atoms with Gasteiger partial charge in [0.25, 0.3) is 10.1 Å². The second-order valence-electron chi connectivity index (χ2n) is 5.95. The van der Waals surface area contributed by atoms with E-state index in [1.54, 1.807) is 20.8 Å². The summed E-state index contributed by atoms with van der Waals surface area (Å²) in [5.41, 5.74) is -0.751. The third kappa shape index (κ3) is 12.1. The van der Waals surface area contributed by atoms with Crippen molar-refractivity contribution >= 4 is 31.7 Å². The van der Waals surface area contributed by atoms with Gasteiger partial charge in [-0.3, -0.25) is 4.55 Å². The molecule has 0 heterocycles.